The monoisotopic (exact) mass is 571 g/mol. The SMILES string of the molecule is CCCNC(=O)[C@H](C)N(Cc1ccc(Cl)cc1Cl)C(=O)CN(c1ccc2c(c1)OCCO2)S(=O)(=O)CC. The van der Waals surface area contributed by atoms with Gasteiger partial charge in [0, 0.05) is 29.2 Å². The first-order valence-electron chi connectivity index (χ1n) is 12.0. The van der Waals surface area contributed by atoms with Crippen molar-refractivity contribution in [2.45, 2.75) is 39.8 Å². The summed E-state index contributed by atoms with van der Waals surface area (Å²) in [6.45, 7) is 5.63. The Hall–Kier alpha value is -2.69. The lowest BCUT2D eigenvalue weighted by Crippen LogP contribution is -2.51. The molecule has 1 aliphatic rings. The van der Waals surface area contributed by atoms with Crippen LogP contribution in [0.4, 0.5) is 5.69 Å². The molecule has 0 spiro atoms. The highest BCUT2D eigenvalue weighted by Gasteiger charge is 2.32. The van der Waals surface area contributed by atoms with Crippen LogP contribution in [-0.4, -0.2) is 63.2 Å². The quantitative estimate of drug-likeness (QED) is 0.439. The zero-order valence-corrected chi connectivity index (χ0v) is 23.3. The van der Waals surface area contributed by atoms with Gasteiger partial charge in [0.05, 0.1) is 11.4 Å². The summed E-state index contributed by atoms with van der Waals surface area (Å²) >= 11 is 12.4. The molecule has 0 aliphatic carbocycles. The Labute approximate surface area is 227 Å². The molecule has 0 unspecified atom stereocenters. The molecule has 2 aromatic rings. The van der Waals surface area contributed by atoms with Gasteiger partial charge in [0.25, 0.3) is 0 Å². The first-order valence-corrected chi connectivity index (χ1v) is 14.3. The summed E-state index contributed by atoms with van der Waals surface area (Å²) in [4.78, 5) is 27.8. The molecule has 1 aliphatic heterocycles. The third-order valence-electron chi connectivity index (χ3n) is 5.87. The van der Waals surface area contributed by atoms with Crippen LogP contribution < -0.4 is 19.1 Å². The predicted octanol–water partition coefficient (Wildman–Crippen LogP) is 3.86. The van der Waals surface area contributed by atoms with E-state index in [1.54, 1.807) is 37.3 Å². The average molecular weight is 573 g/mol. The second-order valence-electron chi connectivity index (χ2n) is 8.46. The summed E-state index contributed by atoms with van der Waals surface area (Å²) in [6, 6.07) is 8.67. The fraction of sp³-hybridized carbons (Fsp3) is 0.440. The van der Waals surface area contributed by atoms with Crippen LogP contribution >= 0.6 is 23.2 Å². The van der Waals surface area contributed by atoms with Crippen LogP contribution in [0.1, 0.15) is 32.8 Å². The highest BCUT2D eigenvalue weighted by Crippen LogP contribution is 2.35. The molecule has 2 aromatic carbocycles. The number of nitrogens with one attached hydrogen (secondary N) is 1. The smallest absolute Gasteiger partial charge is 0.244 e. The number of nitrogens with zero attached hydrogens (tertiary/aromatic N) is 2. The predicted molar refractivity (Wildman–Crippen MR) is 144 cm³/mol. The van der Waals surface area contributed by atoms with Crippen molar-refractivity contribution in [2.24, 2.45) is 0 Å². The summed E-state index contributed by atoms with van der Waals surface area (Å²) in [7, 11) is -3.87. The molecule has 3 rings (SSSR count). The van der Waals surface area contributed by atoms with Crippen LogP contribution in [0.25, 0.3) is 0 Å². The molecule has 0 saturated carbocycles. The minimum absolute atomic E-state index is 0.0172. The lowest BCUT2D eigenvalue weighted by atomic mass is 10.1. The third kappa shape index (κ3) is 7.21. The van der Waals surface area contributed by atoms with Crippen molar-refractivity contribution in [3.8, 4) is 11.5 Å². The molecule has 9 nitrogen and oxygen atoms in total. The molecule has 0 bridgehead atoms. The van der Waals surface area contributed by atoms with Crippen LogP contribution in [0.5, 0.6) is 11.5 Å². The molecule has 1 heterocycles. The van der Waals surface area contributed by atoms with Gasteiger partial charge in [0.1, 0.15) is 25.8 Å². The average Bonchev–Trinajstić information content (AvgIpc) is 2.89. The van der Waals surface area contributed by atoms with Crippen LogP contribution in [-0.2, 0) is 26.2 Å². The van der Waals surface area contributed by atoms with Gasteiger partial charge in [-0.3, -0.25) is 13.9 Å². The zero-order chi connectivity index (χ0) is 27.2. The Balaban J connectivity index is 1.96. The summed E-state index contributed by atoms with van der Waals surface area (Å²) in [5, 5.41) is 3.55. The number of carbonyl (C=O) groups excluding carboxylic acids is 2. The van der Waals surface area contributed by atoms with E-state index in [-0.39, 0.29) is 23.9 Å². The number of amides is 2. The number of ether oxygens (including phenoxy) is 2. The van der Waals surface area contributed by atoms with Crippen molar-refractivity contribution in [2.75, 3.05) is 36.4 Å². The maximum absolute atomic E-state index is 13.7. The van der Waals surface area contributed by atoms with Gasteiger partial charge in [-0.25, -0.2) is 8.42 Å². The summed E-state index contributed by atoms with van der Waals surface area (Å²) < 4.78 is 38.3. The molecule has 0 fully saturated rings. The number of hydrogen-bond donors (Lipinski definition) is 1. The van der Waals surface area contributed by atoms with E-state index in [9.17, 15) is 18.0 Å². The van der Waals surface area contributed by atoms with Gasteiger partial charge in [0.15, 0.2) is 11.5 Å². The number of rotatable bonds is 11. The van der Waals surface area contributed by atoms with Crippen molar-refractivity contribution in [3.05, 3.63) is 52.0 Å². The second kappa shape index (κ2) is 12.7. The normalized spacial score (nSPS) is 13.5. The molecule has 1 N–H and O–H groups in total. The second-order valence-corrected chi connectivity index (χ2v) is 11.5. The Kier molecular flexibility index (Phi) is 9.92. The molecule has 202 valence electrons. The largest absolute Gasteiger partial charge is 0.486 e. The van der Waals surface area contributed by atoms with Gasteiger partial charge in [-0.1, -0.05) is 36.2 Å². The highest BCUT2D eigenvalue weighted by atomic mass is 35.5. The molecular weight excluding hydrogens is 541 g/mol. The number of hydrogen-bond acceptors (Lipinski definition) is 6. The van der Waals surface area contributed by atoms with E-state index in [1.165, 1.54) is 17.9 Å². The van der Waals surface area contributed by atoms with Crippen molar-refractivity contribution in [1.29, 1.82) is 0 Å². The first kappa shape index (κ1) is 28.9. The van der Waals surface area contributed by atoms with Gasteiger partial charge in [-0.2, -0.15) is 0 Å². The maximum atomic E-state index is 13.7. The number of carbonyl (C=O) groups is 2. The van der Waals surface area contributed by atoms with E-state index in [2.05, 4.69) is 5.32 Å². The van der Waals surface area contributed by atoms with Gasteiger partial charge in [-0.15, -0.1) is 0 Å². The molecule has 2 amide bonds. The van der Waals surface area contributed by atoms with E-state index >= 15 is 0 Å². The topological polar surface area (TPSA) is 105 Å². The lowest BCUT2D eigenvalue weighted by Gasteiger charge is -2.32. The van der Waals surface area contributed by atoms with Crippen molar-refractivity contribution in [3.63, 3.8) is 0 Å². The van der Waals surface area contributed by atoms with Gasteiger partial charge in [-0.05, 0) is 50.1 Å². The minimum Gasteiger partial charge on any atom is -0.486 e. The molecule has 1 atom stereocenters. The Morgan fingerprint density at radius 1 is 1.05 bits per heavy atom. The number of sulfonamides is 1. The van der Waals surface area contributed by atoms with Crippen molar-refractivity contribution in [1.82, 2.24) is 10.2 Å². The van der Waals surface area contributed by atoms with Crippen molar-refractivity contribution < 1.29 is 27.5 Å². The van der Waals surface area contributed by atoms with Gasteiger partial charge < -0.3 is 19.7 Å². The molecular formula is C25H31Cl2N3O6S. The molecule has 12 heteroatoms. The van der Waals surface area contributed by atoms with Gasteiger partial charge >= 0.3 is 0 Å². The Morgan fingerprint density at radius 2 is 1.76 bits per heavy atom. The number of halogens is 2. The van der Waals surface area contributed by atoms with E-state index in [0.717, 1.165) is 10.7 Å². The molecule has 0 aromatic heterocycles. The van der Waals surface area contributed by atoms with Gasteiger partial charge in [0.2, 0.25) is 21.8 Å². The number of fused-ring (bicyclic) bond motifs is 1. The highest BCUT2D eigenvalue weighted by molar-refractivity contribution is 7.92. The summed E-state index contributed by atoms with van der Waals surface area (Å²) in [5.74, 6) is -0.272. The Bertz CT molecular complexity index is 1240. The molecule has 0 saturated heterocycles. The third-order valence-corrected chi connectivity index (χ3v) is 8.19. The van der Waals surface area contributed by atoms with E-state index < -0.39 is 28.5 Å². The van der Waals surface area contributed by atoms with Crippen LogP contribution in [0.3, 0.4) is 0 Å². The summed E-state index contributed by atoms with van der Waals surface area (Å²) in [5.41, 5.74) is 0.825. The standard InChI is InChI=1S/C25H31Cl2N3O6S/c1-4-10-28-25(32)17(3)29(15-18-6-7-19(26)13-21(18)27)24(31)16-30(37(33,34)5-2)20-8-9-22-23(14-20)36-12-11-35-22/h6-9,13-14,17H,4-5,10-12,15-16H2,1-3H3,(H,28,32)/t17-/m0/s1. The minimum atomic E-state index is -3.87. The van der Waals surface area contributed by atoms with Crippen LogP contribution in [0, 0.1) is 0 Å². The van der Waals surface area contributed by atoms with E-state index in [4.69, 9.17) is 32.7 Å². The number of benzene rings is 2. The van der Waals surface area contributed by atoms with Crippen LogP contribution in [0.15, 0.2) is 36.4 Å². The van der Waals surface area contributed by atoms with Crippen molar-refractivity contribution >= 4 is 50.7 Å². The van der Waals surface area contributed by atoms with E-state index in [1.807, 2.05) is 6.92 Å². The zero-order valence-electron chi connectivity index (χ0n) is 21.0. The lowest BCUT2D eigenvalue weighted by molar-refractivity contribution is -0.139. The maximum Gasteiger partial charge on any atom is 0.244 e. The number of anilines is 1. The fourth-order valence-electron chi connectivity index (χ4n) is 3.72. The van der Waals surface area contributed by atoms with E-state index in [0.29, 0.717) is 46.9 Å². The Morgan fingerprint density at radius 3 is 2.41 bits per heavy atom. The summed E-state index contributed by atoms with van der Waals surface area (Å²) in [6.07, 6.45) is 0.724. The first-order chi connectivity index (χ1) is 17.6. The van der Waals surface area contributed by atoms with Crippen LogP contribution in [0.2, 0.25) is 10.0 Å². The molecule has 37 heavy (non-hydrogen) atoms. The fourth-order valence-corrected chi connectivity index (χ4v) is 5.24. The molecule has 0 radical (unpaired) electrons.